The van der Waals surface area contributed by atoms with Crippen LogP contribution in [0.3, 0.4) is 0 Å². The van der Waals surface area contributed by atoms with E-state index < -0.39 is 0 Å². The molecule has 0 aliphatic carbocycles. The number of para-hydroxylation sites is 2. The maximum atomic E-state index is 3.77. The summed E-state index contributed by atoms with van der Waals surface area (Å²) in [6.45, 7) is 2.14. The molecule has 4 rings (SSSR count). The third kappa shape index (κ3) is 1.28. The van der Waals surface area contributed by atoms with Crippen LogP contribution >= 0.6 is 0 Å². The molecule has 0 radical (unpaired) electrons. The number of piperidine rings is 1. The van der Waals surface area contributed by atoms with Gasteiger partial charge in [-0.25, -0.2) is 0 Å². The van der Waals surface area contributed by atoms with Crippen LogP contribution in [0, 0.1) is 0 Å². The molecule has 2 aliphatic heterocycles. The van der Waals surface area contributed by atoms with Crippen molar-refractivity contribution in [2.45, 2.75) is 18.4 Å². The third-order valence-electron chi connectivity index (χ3n) is 4.16. The Kier molecular flexibility index (Phi) is 2.06. The first-order valence-electron chi connectivity index (χ1n) is 6.65. The van der Waals surface area contributed by atoms with Crippen molar-refractivity contribution in [3.05, 3.63) is 48.3 Å². The molecule has 0 amide bonds. The fourth-order valence-electron chi connectivity index (χ4n) is 3.32. The van der Waals surface area contributed by atoms with Crippen LogP contribution in [0.4, 0.5) is 5.69 Å². The highest BCUT2D eigenvalue weighted by molar-refractivity contribution is 5.67. The molecule has 0 saturated carbocycles. The number of hydrogen-bond acceptors (Lipinski definition) is 2. The minimum absolute atomic E-state index is 0.0656. The predicted molar refractivity (Wildman–Crippen MR) is 73.2 cm³/mol. The normalized spacial score (nSPS) is 25.3. The van der Waals surface area contributed by atoms with E-state index in [0.29, 0.717) is 0 Å². The van der Waals surface area contributed by atoms with Crippen molar-refractivity contribution in [1.82, 2.24) is 9.88 Å². The van der Waals surface area contributed by atoms with Crippen molar-refractivity contribution >= 4 is 5.69 Å². The van der Waals surface area contributed by atoms with E-state index in [2.05, 4.69) is 57.8 Å². The van der Waals surface area contributed by atoms with Gasteiger partial charge >= 0.3 is 0 Å². The molecule has 3 heterocycles. The summed E-state index contributed by atoms with van der Waals surface area (Å²) >= 11 is 0. The summed E-state index contributed by atoms with van der Waals surface area (Å²) in [7, 11) is 0. The van der Waals surface area contributed by atoms with Gasteiger partial charge in [-0.1, -0.05) is 12.1 Å². The highest BCUT2D eigenvalue weighted by Crippen LogP contribution is 2.40. The average molecular weight is 239 g/mol. The van der Waals surface area contributed by atoms with E-state index in [0.717, 1.165) is 13.1 Å². The summed E-state index contributed by atoms with van der Waals surface area (Å²) in [6.07, 6.45) is 4.59. The first kappa shape index (κ1) is 10.2. The van der Waals surface area contributed by atoms with Crippen molar-refractivity contribution in [1.29, 1.82) is 0 Å². The number of anilines is 1. The van der Waals surface area contributed by atoms with E-state index in [1.165, 1.54) is 29.9 Å². The van der Waals surface area contributed by atoms with Gasteiger partial charge < -0.3 is 15.2 Å². The number of nitrogens with zero attached hydrogens (tertiary/aromatic N) is 1. The van der Waals surface area contributed by atoms with Crippen LogP contribution < -0.4 is 10.6 Å². The number of nitrogens with one attached hydrogen (secondary N) is 2. The van der Waals surface area contributed by atoms with Gasteiger partial charge in [-0.15, -0.1) is 0 Å². The molecular weight excluding hydrogens is 222 g/mol. The molecule has 2 aliphatic rings. The van der Waals surface area contributed by atoms with Gasteiger partial charge in [0.15, 0.2) is 0 Å². The SMILES string of the molecule is c1ccc2c(c1)NC1(CCCNC1)c1cccn1-2. The summed E-state index contributed by atoms with van der Waals surface area (Å²) in [5, 5.41) is 7.30. The standard InChI is InChI=1S/C15H17N3/c1-2-6-13-12(5-1)17-15(8-4-9-16-11-15)14-7-3-10-18(13)14/h1-3,5-7,10,16-17H,4,8-9,11H2. The summed E-state index contributed by atoms with van der Waals surface area (Å²) in [5.41, 5.74) is 3.95. The molecule has 1 atom stereocenters. The predicted octanol–water partition coefficient (Wildman–Crippen LogP) is 2.48. The van der Waals surface area contributed by atoms with Crippen LogP contribution in [-0.2, 0) is 5.54 Å². The second kappa shape index (κ2) is 3.62. The van der Waals surface area contributed by atoms with E-state index in [4.69, 9.17) is 0 Å². The van der Waals surface area contributed by atoms with Crippen molar-refractivity contribution < 1.29 is 0 Å². The number of fused-ring (bicyclic) bond motifs is 4. The van der Waals surface area contributed by atoms with Crippen LogP contribution in [-0.4, -0.2) is 17.7 Å². The Morgan fingerprint density at radius 3 is 2.94 bits per heavy atom. The van der Waals surface area contributed by atoms with Gasteiger partial charge in [0.25, 0.3) is 0 Å². The quantitative estimate of drug-likeness (QED) is 0.739. The van der Waals surface area contributed by atoms with Gasteiger partial charge in [-0.3, -0.25) is 0 Å². The van der Waals surface area contributed by atoms with Gasteiger partial charge in [0.1, 0.15) is 0 Å². The second-order valence-corrected chi connectivity index (χ2v) is 5.27. The minimum Gasteiger partial charge on any atom is -0.371 e. The van der Waals surface area contributed by atoms with Gasteiger partial charge in [0.2, 0.25) is 0 Å². The molecule has 3 nitrogen and oxygen atoms in total. The molecule has 1 aromatic heterocycles. The molecule has 1 saturated heterocycles. The highest BCUT2D eigenvalue weighted by Gasteiger charge is 2.39. The lowest BCUT2D eigenvalue weighted by Gasteiger charge is -2.43. The van der Waals surface area contributed by atoms with Crippen LogP contribution in [0.1, 0.15) is 18.5 Å². The van der Waals surface area contributed by atoms with E-state index in [1.807, 2.05) is 0 Å². The molecule has 1 aromatic carbocycles. The lowest BCUT2D eigenvalue weighted by Crippen LogP contribution is -2.51. The van der Waals surface area contributed by atoms with Crippen LogP contribution in [0.15, 0.2) is 42.6 Å². The van der Waals surface area contributed by atoms with E-state index in [9.17, 15) is 0 Å². The lowest BCUT2D eigenvalue weighted by atomic mass is 9.84. The molecule has 92 valence electrons. The molecule has 0 bridgehead atoms. The first-order chi connectivity index (χ1) is 8.89. The first-order valence-corrected chi connectivity index (χ1v) is 6.65. The Labute approximate surface area is 107 Å². The van der Waals surface area contributed by atoms with Crippen molar-refractivity contribution in [3.8, 4) is 5.69 Å². The topological polar surface area (TPSA) is 29.0 Å². The second-order valence-electron chi connectivity index (χ2n) is 5.27. The molecule has 18 heavy (non-hydrogen) atoms. The fourth-order valence-corrected chi connectivity index (χ4v) is 3.32. The Hall–Kier alpha value is -1.74. The summed E-state index contributed by atoms with van der Waals surface area (Å²) in [4.78, 5) is 0. The number of rotatable bonds is 0. The third-order valence-corrected chi connectivity index (χ3v) is 4.16. The maximum absolute atomic E-state index is 3.77. The summed E-state index contributed by atoms with van der Waals surface area (Å²) < 4.78 is 2.33. The molecule has 2 aromatic rings. The van der Waals surface area contributed by atoms with Crippen molar-refractivity contribution in [2.75, 3.05) is 18.4 Å². The summed E-state index contributed by atoms with van der Waals surface area (Å²) in [5.74, 6) is 0. The molecule has 1 spiro atoms. The van der Waals surface area contributed by atoms with Crippen molar-refractivity contribution in [3.63, 3.8) is 0 Å². The average Bonchev–Trinajstić information content (AvgIpc) is 2.90. The smallest absolute Gasteiger partial charge is 0.0905 e. The van der Waals surface area contributed by atoms with Crippen molar-refractivity contribution in [2.24, 2.45) is 0 Å². The lowest BCUT2D eigenvalue weighted by molar-refractivity contribution is 0.335. The number of benzene rings is 1. The van der Waals surface area contributed by atoms with E-state index >= 15 is 0 Å². The maximum Gasteiger partial charge on any atom is 0.0905 e. The molecule has 2 N–H and O–H groups in total. The van der Waals surface area contributed by atoms with E-state index in [1.54, 1.807) is 0 Å². The minimum atomic E-state index is 0.0656. The molecule has 1 unspecified atom stereocenters. The molecular formula is C15H17N3. The molecule has 1 fully saturated rings. The Morgan fingerprint density at radius 2 is 2.06 bits per heavy atom. The number of aromatic nitrogens is 1. The largest absolute Gasteiger partial charge is 0.371 e. The van der Waals surface area contributed by atoms with Gasteiger partial charge in [-0.2, -0.15) is 0 Å². The zero-order valence-electron chi connectivity index (χ0n) is 10.3. The number of hydrogen-bond donors (Lipinski definition) is 2. The Morgan fingerprint density at radius 1 is 1.11 bits per heavy atom. The Balaban J connectivity index is 1.92. The van der Waals surface area contributed by atoms with Gasteiger partial charge in [-0.05, 0) is 43.7 Å². The molecule has 3 heteroatoms. The fraction of sp³-hybridized carbons (Fsp3) is 0.333. The zero-order valence-corrected chi connectivity index (χ0v) is 10.3. The van der Waals surface area contributed by atoms with Gasteiger partial charge in [0, 0.05) is 18.4 Å². The highest BCUT2D eigenvalue weighted by atomic mass is 15.2. The monoisotopic (exact) mass is 239 g/mol. The van der Waals surface area contributed by atoms with Crippen LogP contribution in [0.5, 0.6) is 0 Å². The summed E-state index contributed by atoms with van der Waals surface area (Å²) in [6, 6.07) is 12.9. The van der Waals surface area contributed by atoms with E-state index in [-0.39, 0.29) is 5.54 Å². The Bertz CT molecular complexity index is 579. The van der Waals surface area contributed by atoms with Crippen LogP contribution in [0.25, 0.3) is 5.69 Å². The van der Waals surface area contributed by atoms with Gasteiger partial charge in [0.05, 0.1) is 16.9 Å². The zero-order chi connectivity index (χ0) is 12.0. The van der Waals surface area contributed by atoms with Crippen LogP contribution in [0.2, 0.25) is 0 Å².